The van der Waals surface area contributed by atoms with Crippen LogP contribution in [0.5, 0.6) is 0 Å². The number of aryl methyl sites for hydroxylation is 1. The van der Waals surface area contributed by atoms with Crippen molar-refractivity contribution in [3.05, 3.63) is 36.0 Å². The Morgan fingerprint density at radius 1 is 1.50 bits per heavy atom. The summed E-state index contributed by atoms with van der Waals surface area (Å²) in [4.78, 5) is 4.39. The lowest BCUT2D eigenvalue weighted by Crippen LogP contribution is -2.01. The molecule has 0 amide bonds. The second kappa shape index (κ2) is 5.78. The molecule has 4 heteroatoms. The van der Waals surface area contributed by atoms with Gasteiger partial charge in [0.2, 0.25) is 0 Å². The molecular formula is C14H17FN2O. The van der Waals surface area contributed by atoms with Gasteiger partial charge < -0.3 is 10.2 Å². The zero-order chi connectivity index (χ0) is 13.0. The molecular weight excluding hydrogens is 231 g/mol. The highest BCUT2D eigenvalue weighted by atomic mass is 19.1. The van der Waals surface area contributed by atoms with Crippen molar-refractivity contribution in [3.63, 3.8) is 0 Å². The monoisotopic (exact) mass is 248 g/mol. The molecule has 0 bridgehead atoms. The summed E-state index contributed by atoms with van der Waals surface area (Å²) >= 11 is 0. The molecule has 0 saturated carbocycles. The zero-order valence-electron chi connectivity index (χ0n) is 10.4. The molecule has 0 atom stereocenters. The Morgan fingerprint density at radius 3 is 3.00 bits per heavy atom. The van der Waals surface area contributed by atoms with Gasteiger partial charge in [-0.3, -0.25) is 0 Å². The normalized spacial score (nSPS) is 12.3. The molecule has 0 aliphatic heterocycles. The van der Waals surface area contributed by atoms with Gasteiger partial charge in [-0.25, -0.2) is 9.37 Å². The Labute approximate surface area is 105 Å². The van der Waals surface area contributed by atoms with Gasteiger partial charge in [-0.05, 0) is 24.1 Å². The molecule has 0 aliphatic carbocycles. The van der Waals surface area contributed by atoms with Gasteiger partial charge in [-0.15, -0.1) is 0 Å². The number of oxazole rings is 1. The van der Waals surface area contributed by atoms with E-state index in [2.05, 4.69) is 11.9 Å². The van der Waals surface area contributed by atoms with Crippen LogP contribution in [0.25, 0.3) is 16.7 Å². The highest BCUT2D eigenvalue weighted by Gasteiger charge is 2.08. The van der Waals surface area contributed by atoms with E-state index >= 15 is 0 Å². The van der Waals surface area contributed by atoms with E-state index in [0.29, 0.717) is 17.5 Å². The molecule has 96 valence electrons. The van der Waals surface area contributed by atoms with Gasteiger partial charge in [0, 0.05) is 18.5 Å². The molecule has 3 nitrogen and oxygen atoms in total. The minimum atomic E-state index is 0.166. The smallest absolute Gasteiger partial charge is 0.195 e. The van der Waals surface area contributed by atoms with Crippen LogP contribution in [-0.4, -0.2) is 11.5 Å². The lowest BCUT2D eigenvalue weighted by molar-refractivity contribution is 0.517. The van der Waals surface area contributed by atoms with E-state index in [0.717, 1.165) is 36.2 Å². The van der Waals surface area contributed by atoms with Gasteiger partial charge in [-0.2, -0.15) is 0 Å². The minimum Gasteiger partial charge on any atom is -0.441 e. The highest BCUT2D eigenvalue weighted by Crippen LogP contribution is 2.22. The maximum absolute atomic E-state index is 12.6. The zero-order valence-corrected chi connectivity index (χ0v) is 10.4. The summed E-state index contributed by atoms with van der Waals surface area (Å²) in [6.45, 7) is 2.29. The number of nitrogens with zero attached hydrogens (tertiary/aromatic N) is 1. The van der Waals surface area contributed by atoms with E-state index < -0.39 is 0 Å². The Kier molecular flexibility index (Phi) is 4.10. The number of unbranched alkanes of at least 4 members (excludes halogenated alkanes) is 1. The third kappa shape index (κ3) is 2.59. The third-order valence-electron chi connectivity index (χ3n) is 2.90. The Hall–Kier alpha value is -1.68. The topological polar surface area (TPSA) is 52.0 Å². The van der Waals surface area contributed by atoms with E-state index in [-0.39, 0.29) is 6.54 Å². The molecule has 1 heterocycles. The maximum Gasteiger partial charge on any atom is 0.195 e. The van der Waals surface area contributed by atoms with Gasteiger partial charge in [-0.1, -0.05) is 19.4 Å². The molecule has 2 N–H and O–H groups in total. The Morgan fingerprint density at radius 2 is 2.33 bits per heavy atom. The lowest BCUT2D eigenvalue weighted by Gasteiger charge is -2.01. The first-order chi connectivity index (χ1) is 8.78. The largest absolute Gasteiger partial charge is 0.441 e. The summed E-state index contributed by atoms with van der Waals surface area (Å²) < 4.78 is 18.3. The van der Waals surface area contributed by atoms with Crippen LogP contribution in [0, 0.1) is 0 Å². The standard InChI is InChI=1S/C14H17FN2O/c1-2-3-4-14-17-12-6-5-10(7-13(12)18-14)11(8-15)9-16/h5-8H,2-4,9,16H2,1H3/b11-8+. The van der Waals surface area contributed by atoms with Crippen LogP contribution in [-0.2, 0) is 6.42 Å². The van der Waals surface area contributed by atoms with Crippen molar-refractivity contribution < 1.29 is 8.81 Å². The molecule has 1 aromatic heterocycles. The van der Waals surface area contributed by atoms with Crippen molar-refractivity contribution in [3.8, 4) is 0 Å². The lowest BCUT2D eigenvalue weighted by atomic mass is 10.1. The quantitative estimate of drug-likeness (QED) is 0.881. The first-order valence-electron chi connectivity index (χ1n) is 6.17. The van der Waals surface area contributed by atoms with Crippen LogP contribution in [0.2, 0.25) is 0 Å². The summed E-state index contributed by atoms with van der Waals surface area (Å²) in [7, 11) is 0. The molecule has 0 saturated heterocycles. The van der Waals surface area contributed by atoms with Crippen molar-refractivity contribution in [1.82, 2.24) is 4.98 Å². The summed E-state index contributed by atoms with van der Waals surface area (Å²) in [6.07, 6.45) is 3.53. The molecule has 2 rings (SSSR count). The van der Waals surface area contributed by atoms with E-state index in [9.17, 15) is 4.39 Å². The molecule has 18 heavy (non-hydrogen) atoms. The Bertz CT molecular complexity index is 560. The molecule has 0 fully saturated rings. The average molecular weight is 248 g/mol. The number of fused-ring (bicyclic) bond motifs is 1. The molecule has 2 aromatic rings. The number of nitrogens with two attached hydrogens (primary N) is 1. The molecule has 0 aliphatic rings. The average Bonchev–Trinajstić information content (AvgIpc) is 2.80. The fourth-order valence-corrected chi connectivity index (χ4v) is 1.83. The predicted molar refractivity (Wildman–Crippen MR) is 70.8 cm³/mol. The van der Waals surface area contributed by atoms with E-state index in [1.54, 1.807) is 6.07 Å². The third-order valence-corrected chi connectivity index (χ3v) is 2.90. The van der Waals surface area contributed by atoms with Gasteiger partial charge >= 0.3 is 0 Å². The Balaban J connectivity index is 2.33. The first kappa shape index (κ1) is 12.8. The summed E-state index contributed by atoms with van der Waals surface area (Å²) in [6, 6.07) is 5.44. The number of hydrogen-bond donors (Lipinski definition) is 1. The van der Waals surface area contributed by atoms with Crippen molar-refractivity contribution in [1.29, 1.82) is 0 Å². The second-order valence-electron chi connectivity index (χ2n) is 4.23. The fraction of sp³-hybridized carbons (Fsp3) is 0.357. The molecule has 0 radical (unpaired) electrons. The first-order valence-corrected chi connectivity index (χ1v) is 6.17. The number of hydrogen-bond acceptors (Lipinski definition) is 3. The van der Waals surface area contributed by atoms with E-state index in [1.165, 1.54) is 0 Å². The molecule has 0 spiro atoms. The van der Waals surface area contributed by atoms with Crippen molar-refractivity contribution in [2.75, 3.05) is 6.54 Å². The van der Waals surface area contributed by atoms with Gasteiger partial charge in [0.15, 0.2) is 11.5 Å². The van der Waals surface area contributed by atoms with E-state index in [1.807, 2.05) is 12.1 Å². The number of rotatable bonds is 5. The minimum absolute atomic E-state index is 0.166. The molecule has 1 aromatic carbocycles. The summed E-state index contributed by atoms with van der Waals surface area (Å²) in [5, 5.41) is 0. The van der Waals surface area contributed by atoms with Crippen LogP contribution >= 0.6 is 0 Å². The van der Waals surface area contributed by atoms with Crippen molar-refractivity contribution in [2.24, 2.45) is 5.73 Å². The maximum atomic E-state index is 12.6. The second-order valence-corrected chi connectivity index (χ2v) is 4.23. The highest BCUT2D eigenvalue weighted by molar-refractivity contribution is 5.79. The SMILES string of the molecule is CCCCc1nc2ccc(/C(=C/F)CN)cc2o1. The van der Waals surface area contributed by atoms with E-state index in [4.69, 9.17) is 10.2 Å². The van der Waals surface area contributed by atoms with Gasteiger partial charge in [0.05, 0.1) is 6.33 Å². The van der Waals surface area contributed by atoms with Crippen molar-refractivity contribution >= 4 is 16.7 Å². The van der Waals surface area contributed by atoms with Crippen LogP contribution in [0.15, 0.2) is 28.9 Å². The number of benzene rings is 1. The number of aromatic nitrogens is 1. The van der Waals surface area contributed by atoms with Crippen LogP contribution in [0.3, 0.4) is 0 Å². The number of halogens is 1. The molecule has 0 unspecified atom stereocenters. The van der Waals surface area contributed by atoms with Gasteiger partial charge in [0.25, 0.3) is 0 Å². The van der Waals surface area contributed by atoms with Gasteiger partial charge in [0.1, 0.15) is 5.52 Å². The predicted octanol–water partition coefficient (Wildman–Crippen LogP) is 3.44. The van der Waals surface area contributed by atoms with Crippen LogP contribution in [0.1, 0.15) is 31.2 Å². The fourth-order valence-electron chi connectivity index (χ4n) is 1.83. The van der Waals surface area contributed by atoms with Crippen LogP contribution < -0.4 is 5.73 Å². The van der Waals surface area contributed by atoms with Crippen LogP contribution in [0.4, 0.5) is 4.39 Å². The van der Waals surface area contributed by atoms with Crippen molar-refractivity contribution in [2.45, 2.75) is 26.2 Å². The summed E-state index contributed by atoms with van der Waals surface area (Å²) in [5.74, 6) is 0.738. The summed E-state index contributed by atoms with van der Waals surface area (Å²) in [5.41, 5.74) is 8.17.